The summed E-state index contributed by atoms with van der Waals surface area (Å²) in [6, 6.07) is 136. The molecule has 4 nitrogen and oxygen atoms in total. The minimum absolute atomic E-state index is 0.0847. The van der Waals surface area contributed by atoms with Crippen LogP contribution < -0.4 is 26.2 Å². The van der Waals surface area contributed by atoms with Gasteiger partial charge in [0.1, 0.15) is 0 Å². The number of fused-ring (bicyclic) bond motifs is 30. The highest BCUT2D eigenvalue weighted by molar-refractivity contribution is 7.00. The van der Waals surface area contributed by atoms with Crippen molar-refractivity contribution in [1.82, 2.24) is 9.13 Å². The summed E-state index contributed by atoms with van der Waals surface area (Å²) >= 11 is 0. The van der Waals surface area contributed by atoms with Gasteiger partial charge in [-0.2, -0.15) is 0 Å². The van der Waals surface area contributed by atoms with Crippen molar-refractivity contribution in [2.24, 2.45) is 0 Å². The maximum Gasteiger partial charge on any atom is 0.252 e. The predicted molar refractivity (Wildman–Crippen MR) is 584 cm³/mol. The molecule has 0 amide bonds. The first kappa shape index (κ1) is 84.7. The molecule has 0 N–H and O–H groups in total. The van der Waals surface area contributed by atoms with Crippen LogP contribution in [0.5, 0.6) is 0 Å². The molecule has 6 aliphatic rings. The second-order valence-electron chi connectivity index (χ2n) is 47.6. The van der Waals surface area contributed by atoms with E-state index in [1.54, 1.807) is 0 Å². The quantitative estimate of drug-likeness (QED) is 0.154. The highest BCUT2D eigenvalue weighted by atomic mass is 15.2. The topological polar surface area (TPSA) is 16.3 Å². The molecule has 4 heterocycles. The van der Waals surface area contributed by atoms with Gasteiger partial charge in [-0.15, -0.1) is 0 Å². The molecule has 17 aromatic carbocycles. The molecule has 0 atom stereocenters. The molecule has 0 fully saturated rings. The van der Waals surface area contributed by atoms with Gasteiger partial charge in [0.2, 0.25) is 0 Å². The van der Waals surface area contributed by atoms with Gasteiger partial charge in [0.15, 0.2) is 0 Å². The molecule has 25 rings (SSSR count). The van der Waals surface area contributed by atoms with E-state index in [2.05, 4.69) is 504 Å². The van der Waals surface area contributed by atoms with E-state index in [1.807, 2.05) is 0 Å². The van der Waals surface area contributed by atoms with E-state index in [1.165, 1.54) is 210 Å². The molecular weight excluding hydrogens is 1650 g/mol. The molecule has 0 unspecified atom stereocenters. The van der Waals surface area contributed by atoms with Crippen LogP contribution >= 0.6 is 0 Å². The Morgan fingerprint density at radius 1 is 0.190 bits per heavy atom. The number of benzene rings is 17. The summed E-state index contributed by atoms with van der Waals surface area (Å²) in [5.41, 5.74) is 49.9. The molecule has 2 spiro atoms. The molecule has 2 aromatic heterocycles. The average molecular weight is 1770 g/mol. The van der Waals surface area contributed by atoms with Crippen molar-refractivity contribution in [3.05, 3.63) is 423 Å². The SMILES string of the molecule is CC(C)(C)c1ccc(N2c3cc(-n4c5ccc(C(C)(C)C)cc5c5cc(C(C)(C)C)ccc54)ccc3B3c4ccc(-n5c6ccc(C(C)(C)C)cc6c6cc(C(C)(C)C)ccc65)cc4N(c4ccc(C(C)(C)C)cc4-c4ccc5c(c4)C4(c6ccccc6-c6ccccc64)c4ccccc4-5)c4cc(C(C)(C)C)cc2c43)c(-c2ccc3c(c2)C2(c4ccccc4-c4ccccc42)c2ccccc2-3)c1. The molecule has 0 bridgehead atoms. The maximum absolute atomic E-state index is 2.78. The van der Waals surface area contributed by atoms with E-state index >= 15 is 0 Å². The largest absolute Gasteiger partial charge is 0.311 e. The summed E-state index contributed by atoms with van der Waals surface area (Å²) in [4.78, 5) is 5.55. The molecule has 4 aliphatic carbocycles. The maximum atomic E-state index is 2.78. The molecule has 2 aliphatic heterocycles. The Labute approximate surface area is 809 Å². The average Bonchev–Trinajstić information content (AvgIpc) is 1.63. The lowest BCUT2D eigenvalue weighted by molar-refractivity contribution is 0.590. The zero-order valence-electron chi connectivity index (χ0n) is 83.2. The van der Waals surface area contributed by atoms with Gasteiger partial charge in [-0.25, -0.2) is 0 Å². The summed E-state index contributed by atoms with van der Waals surface area (Å²) in [6.07, 6.45) is 0. The first-order valence-corrected chi connectivity index (χ1v) is 49.8. The number of rotatable bonds is 6. The molecule has 5 heteroatoms. The van der Waals surface area contributed by atoms with Crippen LogP contribution in [0.25, 0.3) is 122 Å². The van der Waals surface area contributed by atoms with Gasteiger partial charge < -0.3 is 18.9 Å². The van der Waals surface area contributed by atoms with Crippen LogP contribution in [0.15, 0.2) is 340 Å². The monoisotopic (exact) mass is 1770 g/mol. The Morgan fingerprint density at radius 2 is 0.445 bits per heavy atom. The van der Waals surface area contributed by atoms with Crippen LogP contribution in [-0.4, -0.2) is 15.8 Å². The number of aromatic nitrogens is 2. The van der Waals surface area contributed by atoms with Crippen molar-refractivity contribution >= 4 is 101 Å². The van der Waals surface area contributed by atoms with Crippen LogP contribution in [0.2, 0.25) is 0 Å². The van der Waals surface area contributed by atoms with Crippen molar-refractivity contribution in [3.8, 4) is 78.1 Å². The summed E-state index contributed by atoms with van der Waals surface area (Å²) < 4.78 is 5.20. The Hall–Kier alpha value is -14.0. The number of hydrogen-bond acceptors (Lipinski definition) is 2. The lowest BCUT2D eigenvalue weighted by Gasteiger charge is -2.46. The van der Waals surface area contributed by atoms with E-state index < -0.39 is 10.8 Å². The molecule has 137 heavy (non-hydrogen) atoms. The van der Waals surface area contributed by atoms with Crippen molar-refractivity contribution in [2.45, 2.75) is 194 Å². The smallest absolute Gasteiger partial charge is 0.252 e. The fourth-order valence-corrected chi connectivity index (χ4v) is 25.0. The highest BCUT2D eigenvalue weighted by Gasteiger charge is 2.55. The zero-order chi connectivity index (χ0) is 94.5. The normalized spacial score (nSPS) is 14.7. The second kappa shape index (κ2) is 28.8. The van der Waals surface area contributed by atoms with Gasteiger partial charge in [-0.05, 0) is 315 Å². The molecule has 19 aromatic rings. The van der Waals surface area contributed by atoms with Gasteiger partial charge >= 0.3 is 0 Å². The van der Waals surface area contributed by atoms with Gasteiger partial charge in [-0.3, -0.25) is 0 Å². The standard InChI is InChI=1S/C132H119BN4/c1-124(2,3)80-48-60-113(97(68-80)78-46-56-95-93-38-26-32-44-107(93)131(109(95)66-78)103-40-28-22-34-89(103)90-35-23-29-41-104(90)131)136-119-76-87(134-115-62-50-82(126(7,8)9)70-99(115)100-71-83(127(10,11)12)51-63-116(100)134)54-58-111(119)133-112-59-55-88(135-117-64-52-84(128(13,14)15)72-101(117)102-73-85(129(16,17)18)53-65-118(102)135)77-120(112)137(122-75-86(130(19,20)21)74-121(136)123(122)133)114-61-49-81(125(4,5)6)69-98(114)79-47-57-96-94-39-27-33-45-108(94)132(110(96)67-79)105-42-30-24-36-91(105)92-37-25-31-43-106(92)132/h22-77H,1-21H3. The van der Waals surface area contributed by atoms with E-state index in [9.17, 15) is 0 Å². The minimum Gasteiger partial charge on any atom is -0.311 e. The third-order valence-electron chi connectivity index (χ3n) is 32.2. The first-order valence-electron chi connectivity index (χ1n) is 49.8. The van der Waals surface area contributed by atoms with E-state index in [4.69, 9.17) is 0 Å². The third-order valence-corrected chi connectivity index (χ3v) is 32.2. The van der Waals surface area contributed by atoms with Crippen molar-refractivity contribution in [1.29, 1.82) is 0 Å². The van der Waals surface area contributed by atoms with E-state index in [-0.39, 0.29) is 44.6 Å². The van der Waals surface area contributed by atoms with Crippen LogP contribution in [-0.2, 0) is 48.7 Å². The minimum atomic E-state index is -0.576. The number of anilines is 6. The van der Waals surface area contributed by atoms with Gasteiger partial charge in [-0.1, -0.05) is 364 Å². The van der Waals surface area contributed by atoms with Crippen LogP contribution in [0.4, 0.5) is 34.1 Å². The second-order valence-corrected chi connectivity index (χ2v) is 47.6. The fourth-order valence-electron chi connectivity index (χ4n) is 25.0. The zero-order valence-corrected chi connectivity index (χ0v) is 83.2. The Kier molecular flexibility index (Phi) is 17.8. The Morgan fingerprint density at radius 3 is 0.723 bits per heavy atom. The lowest BCUT2D eigenvalue weighted by Crippen LogP contribution is -2.61. The third kappa shape index (κ3) is 12.2. The van der Waals surface area contributed by atoms with Gasteiger partial charge in [0.05, 0.1) is 44.3 Å². The van der Waals surface area contributed by atoms with Crippen molar-refractivity contribution in [2.75, 3.05) is 9.80 Å². The first-order chi connectivity index (χ1) is 65.4. The van der Waals surface area contributed by atoms with Gasteiger partial charge in [0, 0.05) is 66.8 Å². The van der Waals surface area contributed by atoms with E-state index in [0.29, 0.717) is 0 Å². The van der Waals surface area contributed by atoms with E-state index in [0.717, 1.165) is 45.5 Å². The number of nitrogens with zero attached hydrogens (tertiary/aromatic N) is 4. The Balaban J connectivity index is 0.809. The summed E-state index contributed by atoms with van der Waals surface area (Å²) in [7, 11) is 0. The summed E-state index contributed by atoms with van der Waals surface area (Å²) in [6.45, 7) is 49.6. The van der Waals surface area contributed by atoms with Crippen LogP contribution in [0.3, 0.4) is 0 Å². The molecular formula is C132H119BN4. The molecule has 670 valence electrons. The number of hydrogen-bond donors (Lipinski definition) is 0. The van der Waals surface area contributed by atoms with Gasteiger partial charge in [0.25, 0.3) is 6.71 Å². The van der Waals surface area contributed by atoms with Crippen molar-refractivity contribution < 1.29 is 0 Å². The summed E-state index contributed by atoms with van der Waals surface area (Å²) in [5.74, 6) is 0. The van der Waals surface area contributed by atoms with Crippen LogP contribution in [0.1, 0.15) is 229 Å². The molecule has 0 saturated heterocycles. The van der Waals surface area contributed by atoms with Crippen LogP contribution in [0, 0.1) is 0 Å². The summed E-state index contributed by atoms with van der Waals surface area (Å²) in [5, 5.41) is 5.06. The predicted octanol–water partition coefficient (Wildman–Crippen LogP) is 33.1. The highest BCUT2D eigenvalue weighted by Crippen LogP contribution is 2.67. The Bertz CT molecular complexity index is 7710. The molecule has 0 saturated carbocycles. The van der Waals surface area contributed by atoms with Crippen molar-refractivity contribution in [3.63, 3.8) is 0 Å². The fraction of sp³-hybridized carbons (Fsp3) is 0.227. The molecule has 0 radical (unpaired) electrons. The lowest BCUT2D eigenvalue weighted by atomic mass is 9.33.